The molecule has 0 aromatic carbocycles. The fraction of sp³-hybridized carbons (Fsp3) is 0.769. The van der Waals surface area contributed by atoms with E-state index >= 15 is 0 Å². The van der Waals surface area contributed by atoms with Crippen molar-refractivity contribution in [2.24, 2.45) is 0 Å². The number of piperazine rings is 1. The maximum atomic E-state index is 12.7. The predicted molar refractivity (Wildman–Crippen MR) is 69.7 cm³/mol. The number of nitrogens with one attached hydrogen (secondary N) is 1. The second-order valence-corrected chi connectivity index (χ2v) is 5.62. The van der Waals surface area contributed by atoms with Crippen LogP contribution < -0.4 is 5.48 Å². The molecule has 1 aliphatic carbocycles. The molecule has 0 aromatic heterocycles. The molecular formula is C13H21N3O4. The van der Waals surface area contributed by atoms with E-state index in [0.29, 0.717) is 12.8 Å². The lowest BCUT2D eigenvalue weighted by Crippen LogP contribution is -2.67. The van der Waals surface area contributed by atoms with Gasteiger partial charge in [0.15, 0.2) is 0 Å². The summed E-state index contributed by atoms with van der Waals surface area (Å²) in [6, 6.07) is 0. The number of hydrogen-bond acceptors (Lipinski definition) is 5. The zero-order valence-corrected chi connectivity index (χ0v) is 11.7. The van der Waals surface area contributed by atoms with Crippen molar-refractivity contribution < 1.29 is 19.6 Å². The third-order valence-electron chi connectivity index (χ3n) is 4.40. The van der Waals surface area contributed by atoms with Crippen LogP contribution in [0.4, 0.5) is 0 Å². The molecule has 7 heteroatoms. The number of hydrogen-bond donors (Lipinski definition) is 2. The van der Waals surface area contributed by atoms with E-state index in [1.807, 2.05) is 4.90 Å². The lowest BCUT2D eigenvalue weighted by atomic mass is 9.85. The van der Waals surface area contributed by atoms with Gasteiger partial charge >= 0.3 is 0 Å². The van der Waals surface area contributed by atoms with Crippen LogP contribution >= 0.6 is 0 Å². The zero-order chi connectivity index (χ0) is 14.8. The monoisotopic (exact) mass is 283 g/mol. The summed E-state index contributed by atoms with van der Waals surface area (Å²) in [5.74, 6) is -1.45. The first-order chi connectivity index (χ1) is 9.51. The fourth-order valence-electron chi connectivity index (χ4n) is 3.22. The number of carbonyl (C=O) groups excluding carboxylic acids is 3. The number of hydroxylamine groups is 1. The van der Waals surface area contributed by atoms with Crippen molar-refractivity contribution in [2.75, 3.05) is 20.1 Å². The van der Waals surface area contributed by atoms with E-state index in [-0.39, 0.29) is 12.5 Å². The molecule has 0 atom stereocenters. The standard InChI is InChI=1S/C13H21N3O4/c1-15-9-11(18)16(8-10(17)14-20)12(19)13(15)6-4-2-3-5-7-13/h20H,2-9H2,1H3,(H,14,17). The van der Waals surface area contributed by atoms with Gasteiger partial charge in [0, 0.05) is 0 Å². The average Bonchev–Trinajstić information content (AvgIpc) is 2.68. The molecule has 0 bridgehead atoms. The Balaban J connectivity index is 2.25. The van der Waals surface area contributed by atoms with Crippen LogP contribution in [-0.4, -0.2) is 58.4 Å². The number of likely N-dealkylation sites (N-methyl/N-ethyl adjacent to an activating group) is 1. The van der Waals surface area contributed by atoms with Gasteiger partial charge < -0.3 is 0 Å². The Bertz CT molecular complexity index is 416. The molecule has 2 fully saturated rings. The molecule has 0 radical (unpaired) electrons. The Morgan fingerprint density at radius 1 is 1.25 bits per heavy atom. The fourth-order valence-corrected chi connectivity index (χ4v) is 3.22. The first-order valence-corrected chi connectivity index (χ1v) is 7.00. The molecule has 1 saturated heterocycles. The van der Waals surface area contributed by atoms with Crippen LogP contribution in [0.5, 0.6) is 0 Å². The van der Waals surface area contributed by atoms with Crippen LogP contribution in [0.2, 0.25) is 0 Å². The number of nitrogens with zero attached hydrogens (tertiary/aromatic N) is 2. The van der Waals surface area contributed by atoms with Gasteiger partial charge in [-0.3, -0.25) is 29.4 Å². The summed E-state index contributed by atoms with van der Waals surface area (Å²) >= 11 is 0. The first kappa shape index (κ1) is 14.9. The Morgan fingerprint density at radius 3 is 2.40 bits per heavy atom. The Hall–Kier alpha value is -1.47. The van der Waals surface area contributed by atoms with Crippen LogP contribution in [0.15, 0.2) is 0 Å². The van der Waals surface area contributed by atoms with Gasteiger partial charge in [0.25, 0.3) is 5.91 Å². The van der Waals surface area contributed by atoms with Crippen molar-refractivity contribution in [1.82, 2.24) is 15.3 Å². The molecule has 1 spiro atoms. The van der Waals surface area contributed by atoms with Crippen molar-refractivity contribution in [3.63, 3.8) is 0 Å². The third-order valence-corrected chi connectivity index (χ3v) is 4.40. The van der Waals surface area contributed by atoms with Crippen LogP contribution in [-0.2, 0) is 14.4 Å². The van der Waals surface area contributed by atoms with E-state index in [2.05, 4.69) is 0 Å². The van der Waals surface area contributed by atoms with Gasteiger partial charge in [0.05, 0.1) is 6.54 Å². The van der Waals surface area contributed by atoms with Crippen LogP contribution in [0.25, 0.3) is 0 Å². The molecule has 20 heavy (non-hydrogen) atoms. The normalized spacial score (nSPS) is 23.8. The Labute approximate surface area is 117 Å². The van der Waals surface area contributed by atoms with Gasteiger partial charge in [-0.15, -0.1) is 0 Å². The summed E-state index contributed by atoms with van der Waals surface area (Å²) in [4.78, 5) is 38.8. The van der Waals surface area contributed by atoms with Crippen molar-refractivity contribution in [3.05, 3.63) is 0 Å². The van der Waals surface area contributed by atoms with Crippen LogP contribution in [0.1, 0.15) is 38.5 Å². The van der Waals surface area contributed by atoms with Gasteiger partial charge in [-0.1, -0.05) is 25.7 Å². The van der Waals surface area contributed by atoms with E-state index < -0.39 is 23.9 Å². The summed E-state index contributed by atoms with van der Waals surface area (Å²) in [5.41, 5.74) is 0.803. The minimum atomic E-state index is -0.750. The van der Waals surface area contributed by atoms with Gasteiger partial charge in [0.2, 0.25) is 11.8 Å². The molecule has 2 N–H and O–H groups in total. The number of rotatable bonds is 2. The molecule has 2 rings (SSSR count). The molecule has 0 aromatic rings. The van der Waals surface area contributed by atoms with Crippen molar-refractivity contribution >= 4 is 17.7 Å². The molecule has 2 aliphatic rings. The smallest absolute Gasteiger partial charge is 0.263 e. The molecule has 7 nitrogen and oxygen atoms in total. The third kappa shape index (κ3) is 2.55. The predicted octanol–water partition coefficient (Wildman–Crippen LogP) is -0.115. The van der Waals surface area contributed by atoms with E-state index in [9.17, 15) is 14.4 Å². The number of imide groups is 1. The summed E-state index contributed by atoms with van der Waals surface area (Å²) in [5, 5.41) is 8.58. The molecule has 1 heterocycles. The Kier molecular flexibility index (Phi) is 4.39. The lowest BCUT2D eigenvalue weighted by molar-refractivity contribution is -0.165. The lowest BCUT2D eigenvalue weighted by Gasteiger charge is -2.46. The van der Waals surface area contributed by atoms with E-state index in [1.165, 1.54) is 5.48 Å². The summed E-state index contributed by atoms with van der Waals surface area (Å²) in [6.07, 6.45) is 5.51. The maximum absolute atomic E-state index is 12.7. The average molecular weight is 283 g/mol. The quantitative estimate of drug-likeness (QED) is 0.419. The maximum Gasteiger partial charge on any atom is 0.263 e. The second-order valence-electron chi connectivity index (χ2n) is 5.62. The summed E-state index contributed by atoms with van der Waals surface area (Å²) in [6.45, 7) is -0.284. The highest BCUT2D eigenvalue weighted by Crippen LogP contribution is 2.35. The van der Waals surface area contributed by atoms with Crippen molar-refractivity contribution in [3.8, 4) is 0 Å². The molecular weight excluding hydrogens is 262 g/mol. The summed E-state index contributed by atoms with van der Waals surface area (Å²) < 4.78 is 0. The van der Waals surface area contributed by atoms with E-state index in [1.54, 1.807) is 7.05 Å². The van der Waals surface area contributed by atoms with E-state index in [4.69, 9.17) is 5.21 Å². The highest BCUT2D eigenvalue weighted by Gasteiger charge is 2.50. The minimum Gasteiger partial charge on any atom is -0.289 e. The van der Waals surface area contributed by atoms with Gasteiger partial charge in [0.1, 0.15) is 12.1 Å². The molecule has 3 amide bonds. The molecule has 1 aliphatic heterocycles. The van der Waals surface area contributed by atoms with Crippen LogP contribution in [0, 0.1) is 0 Å². The number of carbonyl (C=O) groups is 3. The Morgan fingerprint density at radius 2 is 1.85 bits per heavy atom. The van der Waals surface area contributed by atoms with Crippen molar-refractivity contribution in [1.29, 1.82) is 0 Å². The first-order valence-electron chi connectivity index (χ1n) is 7.00. The van der Waals surface area contributed by atoms with Gasteiger partial charge in [-0.2, -0.15) is 0 Å². The number of amides is 3. The SMILES string of the molecule is CN1CC(=O)N(CC(=O)NO)C(=O)C12CCCCCC2. The second kappa shape index (κ2) is 5.88. The van der Waals surface area contributed by atoms with Gasteiger partial charge in [-0.25, -0.2) is 5.48 Å². The van der Waals surface area contributed by atoms with Gasteiger partial charge in [-0.05, 0) is 19.9 Å². The topological polar surface area (TPSA) is 90.0 Å². The zero-order valence-electron chi connectivity index (χ0n) is 11.7. The van der Waals surface area contributed by atoms with Crippen molar-refractivity contribution in [2.45, 2.75) is 44.1 Å². The summed E-state index contributed by atoms with van der Waals surface area (Å²) in [7, 11) is 1.80. The highest BCUT2D eigenvalue weighted by molar-refractivity contribution is 6.05. The highest BCUT2D eigenvalue weighted by atomic mass is 16.5. The molecule has 0 unspecified atom stereocenters. The van der Waals surface area contributed by atoms with E-state index in [0.717, 1.165) is 30.6 Å². The molecule has 112 valence electrons. The largest absolute Gasteiger partial charge is 0.289 e. The minimum absolute atomic E-state index is 0.129. The van der Waals surface area contributed by atoms with Crippen LogP contribution in [0.3, 0.4) is 0 Å². The molecule has 1 saturated carbocycles.